The van der Waals surface area contributed by atoms with Crippen molar-refractivity contribution >= 4 is 5.57 Å². The summed E-state index contributed by atoms with van der Waals surface area (Å²) in [5, 5.41) is 0. The molecule has 0 N–H and O–H groups in total. The van der Waals surface area contributed by atoms with Gasteiger partial charge in [0.2, 0.25) is 0 Å². The van der Waals surface area contributed by atoms with E-state index in [0.717, 1.165) is 13.0 Å². The van der Waals surface area contributed by atoms with E-state index in [4.69, 9.17) is 4.74 Å². The van der Waals surface area contributed by atoms with Gasteiger partial charge in [0.25, 0.3) is 0 Å². The highest BCUT2D eigenvalue weighted by atomic mass is 16.5. The van der Waals surface area contributed by atoms with Crippen molar-refractivity contribution in [3.8, 4) is 0 Å². The molecule has 0 amide bonds. The zero-order valence-electron chi connectivity index (χ0n) is 15.8. The van der Waals surface area contributed by atoms with Gasteiger partial charge < -0.3 is 9.64 Å². The fourth-order valence-corrected chi connectivity index (χ4v) is 2.49. The van der Waals surface area contributed by atoms with Crippen LogP contribution >= 0.6 is 0 Å². The Balaban J connectivity index is 2.94. The summed E-state index contributed by atoms with van der Waals surface area (Å²) >= 11 is 0. The Labute approximate surface area is 147 Å². The lowest BCUT2D eigenvalue weighted by molar-refractivity contribution is 0.212. The lowest BCUT2D eigenvalue weighted by Crippen LogP contribution is -2.16. The maximum absolute atomic E-state index is 5.52. The molecular formula is C22H31NO. The molecule has 1 aromatic rings. The van der Waals surface area contributed by atoms with Crippen LogP contribution in [0.1, 0.15) is 32.8 Å². The minimum atomic E-state index is 0.704. The van der Waals surface area contributed by atoms with Crippen LogP contribution in [0.15, 0.2) is 72.0 Å². The maximum Gasteiger partial charge on any atom is 0.0999 e. The van der Waals surface area contributed by atoms with Crippen molar-refractivity contribution in [2.45, 2.75) is 27.2 Å². The Kier molecular flexibility index (Phi) is 9.55. The third-order valence-electron chi connectivity index (χ3n) is 3.81. The number of ether oxygens (including phenoxy) is 1. The summed E-state index contributed by atoms with van der Waals surface area (Å²) in [5.74, 6) is 0. The molecule has 130 valence electrons. The first-order valence-electron chi connectivity index (χ1n) is 8.61. The van der Waals surface area contributed by atoms with Crippen molar-refractivity contribution in [2.24, 2.45) is 0 Å². The molecule has 0 bridgehead atoms. The molecule has 0 atom stereocenters. The zero-order chi connectivity index (χ0) is 17.8. The first kappa shape index (κ1) is 20.0. The van der Waals surface area contributed by atoms with Gasteiger partial charge in [0, 0.05) is 6.54 Å². The van der Waals surface area contributed by atoms with Gasteiger partial charge in [-0.2, -0.15) is 0 Å². The van der Waals surface area contributed by atoms with Crippen LogP contribution in [0, 0.1) is 0 Å². The molecule has 2 nitrogen and oxygen atoms in total. The van der Waals surface area contributed by atoms with Crippen LogP contribution in [-0.4, -0.2) is 32.1 Å². The third-order valence-corrected chi connectivity index (χ3v) is 3.81. The third kappa shape index (κ3) is 7.01. The van der Waals surface area contributed by atoms with Gasteiger partial charge in [0.1, 0.15) is 0 Å². The molecule has 0 saturated heterocycles. The number of hydrogen-bond acceptors (Lipinski definition) is 2. The first-order valence-corrected chi connectivity index (χ1v) is 8.61. The van der Waals surface area contributed by atoms with Crippen LogP contribution in [0.5, 0.6) is 0 Å². The highest BCUT2D eigenvalue weighted by molar-refractivity contribution is 5.73. The number of rotatable bonds is 9. The van der Waals surface area contributed by atoms with E-state index in [-0.39, 0.29) is 0 Å². The molecule has 1 aromatic carbocycles. The number of nitrogens with zero attached hydrogens (tertiary/aromatic N) is 1. The van der Waals surface area contributed by atoms with Gasteiger partial charge in [-0.25, -0.2) is 0 Å². The van der Waals surface area contributed by atoms with Crippen LogP contribution in [0.25, 0.3) is 5.57 Å². The molecule has 2 heteroatoms. The monoisotopic (exact) mass is 325 g/mol. The van der Waals surface area contributed by atoms with Gasteiger partial charge in [-0.05, 0) is 62.7 Å². The van der Waals surface area contributed by atoms with Crippen molar-refractivity contribution in [1.29, 1.82) is 0 Å². The fourth-order valence-electron chi connectivity index (χ4n) is 2.49. The maximum atomic E-state index is 5.52. The molecule has 0 aliphatic heterocycles. The Morgan fingerprint density at radius 1 is 1.17 bits per heavy atom. The summed E-state index contributed by atoms with van der Waals surface area (Å²) in [6.07, 6.45) is 11.1. The molecule has 0 aliphatic carbocycles. The lowest BCUT2D eigenvalue weighted by Gasteiger charge is -2.12. The van der Waals surface area contributed by atoms with Gasteiger partial charge in [-0.15, -0.1) is 0 Å². The van der Waals surface area contributed by atoms with Crippen molar-refractivity contribution in [3.63, 3.8) is 0 Å². The summed E-state index contributed by atoms with van der Waals surface area (Å²) in [7, 11) is 4.09. The van der Waals surface area contributed by atoms with Gasteiger partial charge >= 0.3 is 0 Å². The minimum absolute atomic E-state index is 0.704. The Bertz CT molecular complexity index is 592. The van der Waals surface area contributed by atoms with Gasteiger partial charge in [-0.1, -0.05) is 55.5 Å². The molecule has 0 unspecified atom stereocenters. The Morgan fingerprint density at radius 3 is 2.46 bits per heavy atom. The topological polar surface area (TPSA) is 12.5 Å². The van der Waals surface area contributed by atoms with E-state index in [0.29, 0.717) is 6.61 Å². The van der Waals surface area contributed by atoms with Crippen LogP contribution in [0.2, 0.25) is 0 Å². The number of likely N-dealkylation sites (N-methyl/N-ethyl adjacent to an activating group) is 1. The van der Waals surface area contributed by atoms with Crippen molar-refractivity contribution in [2.75, 3.05) is 27.2 Å². The van der Waals surface area contributed by atoms with E-state index in [1.54, 1.807) is 6.26 Å². The average Bonchev–Trinajstić information content (AvgIpc) is 2.58. The summed E-state index contributed by atoms with van der Waals surface area (Å²) in [6.45, 7) is 8.07. The van der Waals surface area contributed by atoms with Crippen LogP contribution in [0.3, 0.4) is 0 Å². The predicted octanol–water partition coefficient (Wildman–Crippen LogP) is 5.46. The highest BCUT2D eigenvalue weighted by Crippen LogP contribution is 2.27. The van der Waals surface area contributed by atoms with Crippen molar-refractivity contribution in [1.82, 2.24) is 4.90 Å². The van der Waals surface area contributed by atoms with E-state index >= 15 is 0 Å². The SMILES string of the molecule is C\C=C/C(=C\C=C\OCCN(C)C)C(/C)=C(/CC)c1ccccc1. The Morgan fingerprint density at radius 2 is 1.88 bits per heavy atom. The predicted molar refractivity (Wildman–Crippen MR) is 106 cm³/mol. The first-order chi connectivity index (χ1) is 11.6. The molecule has 0 spiro atoms. The van der Waals surface area contributed by atoms with Crippen LogP contribution in [-0.2, 0) is 4.74 Å². The normalized spacial score (nSPS) is 13.8. The highest BCUT2D eigenvalue weighted by Gasteiger charge is 2.05. The molecule has 0 heterocycles. The zero-order valence-corrected chi connectivity index (χ0v) is 15.8. The molecule has 0 radical (unpaired) electrons. The van der Waals surface area contributed by atoms with E-state index in [1.165, 1.54) is 22.3 Å². The van der Waals surface area contributed by atoms with Crippen LogP contribution < -0.4 is 0 Å². The molecule has 0 fully saturated rings. The molecular weight excluding hydrogens is 294 g/mol. The summed E-state index contributed by atoms with van der Waals surface area (Å²) in [4.78, 5) is 2.11. The van der Waals surface area contributed by atoms with Gasteiger partial charge in [0.05, 0.1) is 12.9 Å². The molecule has 0 aliphatic rings. The largest absolute Gasteiger partial charge is 0.500 e. The number of allylic oxidation sites excluding steroid dienone is 7. The summed E-state index contributed by atoms with van der Waals surface area (Å²) in [5.41, 5.74) is 5.19. The average molecular weight is 325 g/mol. The second-order valence-electron chi connectivity index (χ2n) is 5.95. The van der Waals surface area contributed by atoms with Crippen LogP contribution in [0.4, 0.5) is 0 Å². The lowest BCUT2D eigenvalue weighted by atomic mass is 9.93. The second-order valence-corrected chi connectivity index (χ2v) is 5.95. The molecule has 24 heavy (non-hydrogen) atoms. The minimum Gasteiger partial charge on any atom is -0.500 e. The smallest absolute Gasteiger partial charge is 0.0999 e. The number of benzene rings is 1. The van der Waals surface area contributed by atoms with E-state index < -0.39 is 0 Å². The standard InChI is InChI=1S/C22H31NO/c1-6-12-20(15-11-17-24-18-16-23(4)5)19(3)22(7-2)21-13-9-8-10-14-21/h6,8-15,17H,7,16,18H2,1-5H3/b12-6-,17-11+,20-15+,22-19-. The summed E-state index contributed by atoms with van der Waals surface area (Å²) < 4.78 is 5.52. The Hall–Kier alpha value is -2.06. The molecule has 0 aromatic heterocycles. The second kappa shape index (κ2) is 11.5. The summed E-state index contributed by atoms with van der Waals surface area (Å²) in [6, 6.07) is 10.6. The quantitative estimate of drug-likeness (QED) is 0.339. The number of hydrogen-bond donors (Lipinski definition) is 0. The molecule has 0 saturated carbocycles. The van der Waals surface area contributed by atoms with Crippen molar-refractivity contribution < 1.29 is 4.74 Å². The van der Waals surface area contributed by atoms with E-state index in [9.17, 15) is 0 Å². The van der Waals surface area contributed by atoms with Gasteiger partial charge in [0.15, 0.2) is 0 Å². The fraction of sp³-hybridized carbons (Fsp3) is 0.364. The van der Waals surface area contributed by atoms with E-state index in [1.807, 2.05) is 27.1 Å². The van der Waals surface area contributed by atoms with Crippen molar-refractivity contribution in [3.05, 3.63) is 77.6 Å². The van der Waals surface area contributed by atoms with E-state index in [2.05, 4.69) is 67.3 Å². The molecule has 1 rings (SSSR count). The van der Waals surface area contributed by atoms with Gasteiger partial charge in [-0.3, -0.25) is 0 Å².